The fourth-order valence-electron chi connectivity index (χ4n) is 2.45. The molecule has 2 nitrogen and oxygen atoms in total. The van der Waals surface area contributed by atoms with Crippen LogP contribution in [0.4, 0.5) is 0 Å². The Hall–Kier alpha value is -0.730. The first-order chi connectivity index (χ1) is 8.58. The summed E-state index contributed by atoms with van der Waals surface area (Å²) in [5.74, 6) is 0.434. The highest BCUT2D eigenvalue weighted by Gasteiger charge is 2.23. The van der Waals surface area contributed by atoms with Crippen LogP contribution in [0.15, 0.2) is 18.2 Å². The Morgan fingerprint density at radius 1 is 1.28 bits per heavy atom. The number of carbonyl (C=O) groups excluding carboxylic acids is 1. The lowest BCUT2D eigenvalue weighted by molar-refractivity contribution is 0.0910. The van der Waals surface area contributed by atoms with Crippen LogP contribution in [0.1, 0.15) is 43.0 Å². The van der Waals surface area contributed by atoms with Crippen molar-refractivity contribution in [1.29, 1.82) is 0 Å². The lowest BCUT2D eigenvalue weighted by Gasteiger charge is -2.29. The minimum Gasteiger partial charge on any atom is -0.349 e. The van der Waals surface area contributed by atoms with E-state index in [1.165, 1.54) is 19.3 Å². The van der Waals surface area contributed by atoms with E-state index in [2.05, 4.69) is 12.2 Å². The van der Waals surface area contributed by atoms with Gasteiger partial charge in [-0.2, -0.15) is 0 Å². The number of hydrogen-bond donors (Lipinski definition) is 1. The number of rotatable bonds is 2. The Morgan fingerprint density at radius 2 is 2.00 bits per heavy atom. The van der Waals surface area contributed by atoms with E-state index in [0.717, 1.165) is 6.42 Å². The highest BCUT2D eigenvalue weighted by Crippen LogP contribution is 2.25. The molecule has 4 heteroatoms. The van der Waals surface area contributed by atoms with Crippen molar-refractivity contribution in [3.63, 3.8) is 0 Å². The van der Waals surface area contributed by atoms with Crippen molar-refractivity contribution in [3.8, 4) is 0 Å². The van der Waals surface area contributed by atoms with Crippen LogP contribution in [0, 0.1) is 5.92 Å². The summed E-state index contributed by atoms with van der Waals surface area (Å²) in [4.78, 5) is 12.2. The van der Waals surface area contributed by atoms with Crippen molar-refractivity contribution in [2.75, 3.05) is 0 Å². The van der Waals surface area contributed by atoms with Gasteiger partial charge in [-0.15, -0.1) is 0 Å². The molecule has 2 atom stereocenters. The normalized spacial score (nSPS) is 23.7. The average molecular weight is 286 g/mol. The van der Waals surface area contributed by atoms with Gasteiger partial charge in [0.25, 0.3) is 5.91 Å². The van der Waals surface area contributed by atoms with Crippen LogP contribution in [0.3, 0.4) is 0 Å². The molecule has 2 rings (SSSR count). The quantitative estimate of drug-likeness (QED) is 0.862. The molecule has 1 fully saturated rings. The smallest absolute Gasteiger partial charge is 0.253 e. The molecule has 0 bridgehead atoms. The summed E-state index contributed by atoms with van der Waals surface area (Å²) in [6, 6.07) is 5.22. The van der Waals surface area contributed by atoms with E-state index in [1.54, 1.807) is 18.2 Å². The second-order valence-corrected chi connectivity index (χ2v) is 5.81. The van der Waals surface area contributed by atoms with Gasteiger partial charge in [0.2, 0.25) is 0 Å². The van der Waals surface area contributed by atoms with Gasteiger partial charge in [0, 0.05) is 11.1 Å². The van der Waals surface area contributed by atoms with E-state index in [-0.39, 0.29) is 11.9 Å². The number of benzene rings is 1. The average Bonchev–Trinajstić information content (AvgIpc) is 2.32. The maximum absolute atomic E-state index is 12.2. The van der Waals surface area contributed by atoms with Crippen LogP contribution in [-0.4, -0.2) is 11.9 Å². The maximum atomic E-state index is 12.2. The minimum absolute atomic E-state index is 0.101. The van der Waals surface area contributed by atoms with Crippen LogP contribution >= 0.6 is 23.2 Å². The summed E-state index contributed by atoms with van der Waals surface area (Å²) >= 11 is 11.9. The third-order valence-corrected chi connectivity index (χ3v) is 4.15. The van der Waals surface area contributed by atoms with Gasteiger partial charge in [0.1, 0.15) is 0 Å². The summed E-state index contributed by atoms with van der Waals surface area (Å²) in [6.45, 7) is 2.19. The molecule has 1 aromatic rings. The van der Waals surface area contributed by atoms with Crippen LogP contribution in [0.2, 0.25) is 10.0 Å². The van der Waals surface area contributed by atoms with E-state index < -0.39 is 0 Å². The van der Waals surface area contributed by atoms with Gasteiger partial charge in [-0.05, 0) is 37.0 Å². The topological polar surface area (TPSA) is 29.1 Å². The largest absolute Gasteiger partial charge is 0.349 e. The molecule has 1 aromatic carbocycles. The van der Waals surface area contributed by atoms with Crippen LogP contribution in [0.5, 0.6) is 0 Å². The Balaban J connectivity index is 2.07. The first-order valence-electron chi connectivity index (χ1n) is 6.34. The highest BCUT2D eigenvalue weighted by molar-refractivity contribution is 6.36. The molecule has 0 radical (unpaired) electrons. The minimum atomic E-state index is -0.101. The van der Waals surface area contributed by atoms with Crippen molar-refractivity contribution in [3.05, 3.63) is 33.8 Å². The van der Waals surface area contributed by atoms with E-state index in [9.17, 15) is 4.79 Å². The number of halogens is 2. The molecule has 18 heavy (non-hydrogen) atoms. The SMILES string of the molecule is C[C@H]1CCCC[C@H]1NC(=O)c1ccc(Cl)cc1Cl. The standard InChI is InChI=1S/C14H17Cl2NO/c1-9-4-2-3-5-13(9)17-14(18)11-7-6-10(15)8-12(11)16/h6-9,13H,2-5H2,1H3,(H,17,18)/t9-,13+/m0/s1. The molecule has 1 aliphatic rings. The van der Waals surface area contributed by atoms with Crippen LogP contribution in [0.25, 0.3) is 0 Å². The second kappa shape index (κ2) is 5.94. The van der Waals surface area contributed by atoms with Crippen molar-refractivity contribution in [2.24, 2.45) is 5.92 Å². The molecule has 98 valence electrons. The molecule has 0 saturated heterocycles. The van der Waals surface area contributed by atoms with Crippen molar-refractivity contribution in [2.45, 2.75) is 38.6 Å². The van der Waals surface area contributed by atoms with Crippen molar-refractivity contribution in [1.82, 2.24) is 5.32 Å². The Kier molecular flexibility index (Phi) is 4.52. The van der Waals surface area contributed by atoms with Gasteiger partial charge in [-0.1, -0.05) is 43.0 Å². The molecule has 0 aromatic heterocycles. The fraction of sp³-hybridized carbons (Fsp3) is 0.500. The monoisotopic (exact) mass is 285 g/mol. The zero-order valence-corrected chi connectivity index (χ0v) is 11.9. The molecule has 1 aliphatic carbocycles. The van der Waals surface area contributed by atoms with Crippen molar-refractivity contribution >= 4 is 29.1 Å². The number of carbonyl (C=O) groups is 1. The molecule has 1 amide bonds. The van der Waals surface area contributed by atoms with Crippen LogP contribution in [-0.2, 0) is 0 Å². The van der Waals surface area contributed by atoms with Gasteiger partial charge in [0.05, 0.1) is 10.6 Å². The summed E-state index contributed by atoms with van der Waals surface area (Å²) in [7, 11) is 0. The molecule has 0 aliphatic heterocycles. The Morgan fingerprint density at radius 3 is 2.67 bits per heavy atom. The van der Waals surface area contributed by atoms with Gasteiger partial charge >= 0.3 is 0 Å². The Labute approximate surface area is 118 Å². The zero-order chi connectivity index (χ0) is 13.1. The molecular formula is C14H17Cl2NO. The third-order valence-electron chi connectivity index (χ3n) is 3.60. The lowest BCUT2D eigenvalue weighted by Crippen LogP contribution is -2.41. The first kappa shape index (κ1) is 13.7. The predicted molar refractivity (Wildman–Crippen MR) is 75.3 cm³/mol. The van der Waals surface area contributed by atoms with Crippen molar-refractivity contribution < 1.29 is 4.79 Å². The number of nitrogens with one attached hydrogen (secondary N) is 1. The molecule has 0 unspecified atom stereocenters. The van der Waals surface area contributed by atoms with E-state index in [4.69, 9.17) is 23.2 Å². The summed E-state index contributed by atoms with van der Waals surface area (Å²) in [5.41, 5.74) is 0.499. The summed E-state index contributed by atoms with van der Waals surface area (Å²) < 4.78 is 0. The van der Waals surface area contributed by atoms with E-state index in [0.29, 0.717) is 21.5 Å². The molecular weight excluding hydrogens is 269 g/mol. The third kappa shape index (κ3) is 3.18. The van der Waals surface area contributed by atoms with Gasteiger partial charge in [0.15, 0.2) is 0 Å². The molecule has 0 spiro atoms. The van der Waals surface area contributed by atoms with Gasteiger partial charge in [-0.25, -0.2) is 0 Å². The molecule has 1 saturated carbocycles. The van der Waals surface area contributed by atoms with E-state index >= 15 is 0 Å². The van der Waals surface area contributed by atoms with Crippen LogP contribution < -0.4 is 5.32 Å². The molecule has 0 heterocycles. The lowest BCUT2D eigenvalue weighted by atomic mass is 9.86. The highest BCUT2D eigenvalue weighted by atomic mass is 35.5. The maximum Gasteiger partial charge on any atom is 0.253 e. The van der Waals surface area contributed by atoms with E-state index in [1.807, 2.05) is 0 Å². The Bertz CT molecular complexity index is 447. The summed E-state index contributed by atoms with van der Waals surface area (Å²) in [5, 5.41) is 4.03. The van der Waals surface area contributed by atoms with Gasteiger partial charge < -0.3 is 5.32 Å². The fourth-order valence-corrected chi connectivity index (χ4v) is 2.94. The second-order valence-electron chi connectivity index (χ2n) is 4.97. The van der Waals surface area contributed by atoms with Gasteiger partial charge in [-0.3, -0.25) is 4.79 Å². The molecule has 1 N–H and O–H groups in total. The predicted octanol–water partition coefficient (Wildman–Crippen LogP) is 4.30. The number of hydrogen-bond acceptors (Lipinski definition) is 1. The zero-order valence-electron chi connectivity index (χ0n) is 10.4. The summed E-state index contributed by atoms with van der Waals surface area (Å²) in [6.07, 6.45) is 4.68. The number of amides is 1. The first-order valence-corrected chi connectivity index (χ1v) is 7.09.